The average molecular weight is 495 g/mol. The summed E-state index contributed by atoms with van der Waals surface area (Å²) in [7, 11) is 2.25. The topological polar surface area (TPSA) is 23.6 Å². The lowest BCUT2D eigenvalue weighted by Crippen LogP contribution is -2.42. The van der Waals surface area contributed by atoms with Crippen LogP contribution < -0.4 is 0 Å². The maximum absolute atomic E-state index is 13.5. The number of hydrogen-bond donors (Lipinski definition) is 0. The molecule has 210 valence electrons. The summed E-state index contributed by atoms with van der Waals surface area (Å²) < 4.78 is 0. The first-order valence-corrected chi connectivity index (χ1v) is 16.1. The quantitative estimate of drug-likeness (QED) is 0.106. The van der Waals surface area contributed by atoms with Gasteiger partial charge < -0.3 is 9.80 Å². The van der Waals surface area contributed by atoms with Crippen LogP contribution >= 0.6 is 0 Å². The zero-order chi connectivity index (χ0) is 26.0. The molecule has 3 nitrogen and oxygen atoms in total. The fourth-order valence-corrected chi connectivity index (χ4v) is 5.18. The Morgan fingerprint density at radius 2 is 0.943 bits per heavy atom. The van der Waals surface area contributed by atoms with Crippen LogP contribution in [0.2, 0.25) is 0 Å². The normalized spacial score (nSPS) is 12.4. The Hall–Kier alpha value is -0.570. The SMILES string of the molecule is CCCCCCCCC(CCCCCCC)N(CCCN(C)CCCC)C(=O)CCCCCCC. The number of hydrogen-bond acceptors (Lipinski definition) is 2. The van der Waals surface area contributed by atoms with Crippen LogP contribution in [0.3, 0.4) is 0 Å². The molecule has 35 heavy (non-hydrogen) atoms. The van der Waals surface area contributed by atoms with Crippen molar-refractivity contribution in [3.8, 4) is 0 Å². The van der Waals surface area contributed by atoms with E-state index in [1.54, 1.807) is 0 Å². The molecule has 0 heterocycles. The summed E-state index contributed by atoms with van der Waals surface area (Å²) in [5, 5.41) is 0. The molecule has 0 aliphatic rings. The molecule has 0 aliphatic heterocycles. The molecule has 0 bridgehead atoms. The third kappa shape index (κ3) is 21.2. The second-order valence-corrected chi connectivity index (χ2v) is 11.2. The van der Waals surface area contributed by atoms with Gasteiger partial charge in [0.2, 0.25) is 5.91 Å². The first-order valence-electron chi connectivity index (χ1n) is 16.1. The third-order valence-corrected chi connectivity index (χ3v) is 7.62. The van der Waals surface area contributed by atoms with Crippen LogP contribution in [0.5, 0.6) is 0 Å². The molecule has 0 fully saturated rings. The van der Waals surface area contributed by atoms with Gasteiger partial charge in [0.25, 0.3) is 0 Å². The van der Waals surface area contributed by atoms with Crippen molar-refractivity contribution in [2.45, 2.75) is 175 Å². The molecule has 1 unspecified atom stereocenters. The monoisotopic (exact) mass is 495 g/mol. The van der Waals surface area contributed by atoms with Gasteiger partial charge in [-0.05, 0) is 52.2 Å². The minimum absolute atomic E-state index is 0.447. The van der Waals surface area contributed by atoms with Gasteiger partial charge in [-0.2, -0.15) is 0 Å². The van der Waals surface area contributed by atoms with E-state index in [1.807, 2.05) is 0 Å². The highest BCUT2D eigenvalue weighted by Crippen LogP contribution is 2.21. The van der Waals surface area contributed by atoms with Crippen molar-refractivity contribution in [1.82, 2.24) is 9.80 Å². The predicted octanol–water partition coefficient (Wildman–Crippen LogP) is 9.78. The van der Waals surface area contributed by atoms with Crippen LogP contribution in [0, 0.1) is 0 Å². The Morgan fingerprint density at radius 1 is 0.514 bits per heavy atom. The summed E-state index contributed by atoms with van der Waals surface area (Å²) in [6, 6.07) is 0.465. The van der Waals surface area contributed by atoms with Crippen molar-refractivity contribution in [1.29, 1.82) is 0 Å². The Labute approximate surface area is 222 Å². The van der Waals surface area contributed by atoms with Gasteiger partial charge in [-0.25, -0.2) is 0 Å². The fourth-order valence-electron chi connectivity index (χ4n) is 5.18. The Morgan fingerprint density at radius 3 is 1.46 bits per heavy atom. The van der Waals surface area contributed by atoms with E-state index in [2.05, 4.69) is 44.5 Å². The number of nitrogens with zero attached hydrogens (tertiary/aromatic N) is 2. The third-order valence-electron chi connectivity index (χ3n) is 7.62. The largest absolute Gasteiger partial charge is 0.340 e. The van der Waals surface area contributed by atoms with E-state index in [1.165, 1.54) is 129 Å². The van der Waals surface area contributed by atoms with E-state index >= 15 is 0 Å². The highest BCUT2D eigenvalue weighted by molar-refractivity contribution is 5.76. The molecule has 0 rings (SSSR count). The van der Waals surface area contributed by atoms with Crippen LogP contribution in [0.25, 0.3) is 0 Å². The van der Waals surface area contributed by atoms with E-state index in [9.17, 15) is 4.79 Å². The van der Waals surface area contributed by atoms with Crippen LogP contribution in [-0.4, -0.2) is 48.4 Å². The van der Waals surface area contributed by atoms with Crippen molar-refractivity contribution in [3.05, 3.63) is 0 Å². The van der Waals surface area contributed by atoms with Crippen LogP contribution in [-0.2, 0) is 4.79 Å². The van der Waals surface area contributed by atoms with Crippen LogP contribution in [0.1, 0.15) is 169 Å². The van der Waals surface area contributed by atoms with Gasteiger partial charge in [0.05, 0.1) is 0 Å². The molecular weight excluding hydrogens is 428 g/mol. The fraction of sp³-hybridized carbons (Fsp3) is 0.969. The van der Waals surface area contributed by atoms with Gasteiger partial charge in [-0.1, -0.05) is 130 Å². The summed E-state index contributed by atoms with van der Waals surface area (Å²) in [5.74, 6) is 0.447. The van der Waals surface area contributed by atoms with Gasteiger partial charge in [0, 0.05) is 19.0 Å². The lowest BCUT2D eigenvalue weighted by Gasteiger charge is -2.33. The second-order valence-electron chi connectivity index (χ2n) is 11.2. The van der Waals surface area contributed by atoms with Crippen LogP contribution in [0.4, 0.5) is 0 Å². The van der Waals surface area contributed by atoms with Crippen LogP contribution in [0.15, 0.2) is 0 Å². The molecule has 0 saturated carbocycles. The number of carbonyl (C=O) groups is 1. The highest BCUT2D eigenvalue weighted by atomic mass is 16.2. The summed E-state index contributed by atoms with van der Waals surface area (Å²) in [6.07, 6.45) is 27.7. The lowest BCUT2D eigenvalue weighted by molar-refractivity contribution is -0.134. The standard InChI is InChI=1S/C32H66N2O/c1-6-10-14-17-20-22-26-31(25-21-18-15-11-7-2)34(30-24-29-33(5)28-13-9-4)32(35)27-23-19-16-12-8-3/h31H,6-30H2,1-5H3. The maximum Gasteiger partial charge on any atom is 0.222 e. The summed E-state index contributed by atoms with van der Waals surface area (Å²) >= 11 is 0. The molecule has 0 N–H and O–H groups in total. The van der Waals surface area contributed by atoms with Gasteiger partial charge in [-0.3, -0.25) is 4.79 Å². The van der Waals surface area contributed by atoms with Gasteiger partial charge in [0.1, 0.15) is 0 Å². The molecular formula is C32H66N2O. The first-order chi connectivity index (χ1) is 17.1. The lowest BCUT2D eigenvalue weighted by atomic mass is 9.98. The van der Waals surface area contributed by atoms with E-state index in [-0.39, 0.29) is 0 Å². The number of amides is 1. The summed E-state index contributed by atoms with van der Waals surface area (Å²) in [6.45, 7) is 12.4. The molecule has 0 aromatic rings. The highest BCUT2D eigenvalue weighted by Gasteiger charge is 2.22. The first kappa shape index (κ1) is 34.4. The van der Waals surface area contributed by atoms with Crippen molar-refractivity contribution >= 4 is 5.91 Å². The Kier molecular flexibility index (Phi) is 26.1. The zero-order valence-electron chi connectivity index (χ0n) is 25.1. The predicted molar refractivity (Wildman–Crippen MR) is 157 cm³/mol. The molecule has 0 aromatic heterocycles. The molecule has 1 amide bonds. The Bertz CT molecular complexity index is 439. The average Bonchev–Trinajstić information content (AvgIpc) is 2.86. The molecule has 0 radical (unpaired) electrons. The van der Waals surface area contributed by atoms with E-state index in [0.717, 1.165) is 32.4 Å². The molecule has 0 aromatic carbocycles. The van der Waals surface area contributed by atoms with E-state index in [0.29, 0.717) is 11.9 Å². The van der Waals surface area contributed by atoms with Crippen molar-refractivity contribution in [3.63, 3.8) is 0 Å². The number of carbonyl (C=O) groups excluding carboxylic acids is 1. The molecule has 0 saturated heterocycles. The van der Waals surface area contributed by atoms with Gasteiger partial charge >= 0.3 is 0 Å². The van der Waals surface area contributed by atoms with Crippen molar-refractivity contribution in [2.24, 2.45) is 0 Å². The number of unbranched alkanes of at least 4 members (excludes halogenated alkanes) is 14. The summed E-state index contributed by atoms with van der Waals surface area (Å²) in [4.78, 5) is 18.3. The van der Waals surface area contributed by atoms with Gasteiger partial charge in [-0.15, -0.1) is 0 Å². The van der Waals surface area contributed by atoms with E-state index < -0.39 is 0 Å². The molecule has 0 spiro atoms. The minimum atomic E-state index is 0.447. The smallest absolute Gasteiger partial charge is 0.222 e. The maximum atomic E-state index is 13.5. The van der Waals surface area contributed by atoms with E-state index in [4.69, 9.17) is 0 Å². The zero-order valence-corrected chi connectivity index (χ0v) is 25.1. The minimum Gasteiger partial charge on any atom is -0.340 e. The molecule has 1 atom stereocenters. The molecule has 3 heteroatoms. The molecule has 0 aliphatic carbocycles. The Balaban J connectivity index is 4.99. The summed E-state index contributed by atoms with van der Waals surface area (Å²) in [5.41, 5.74) is 0. The van der Waals surface area contributed by atoms with Gasteiger partial charge in [0.15, 0.2) is 0 Å². The number of rotatable bonds is 27. The second kappa shape index (κ2) is 26.5. The van der Waals surface area contributed by atoms with Crippen molar-refractivity contribution in [2.75, 3.05) is 26.7 Å². The van der Waals surface area contributed by atoms with Crippen molar-refractivity contribution < 1.29 is 4.79 Å².